The molecule has 4 atom stereocenters. The molecule has 2 aromatic carbocycles. The van der Waals surface area contributed by atoms with Crippen LogP contribution in [0.15, 0.2) is 48.5 Å². The van der Waals surface area contributed by atoms with Crippen molar-refractivity contribution in [2.45, 2.75) is 67.5 Å². The third kappa shape index (κ3) is 7.50. The summed E-state index contributed by atoms with van der Waals surface area (Å²) < 4.78 is 134. The molecule has 1 aliphatic heterocycles. The molecule has 2 fully saturated rings. The van der Waals surface area contributed by atoms with E-state index in [9.17, 15) is 40.3 Å². The fourth-order valence-corrected chi connectivity index (χ4v) is 8.99. The Morgan fingerprint density at radius 2 is 1.83 bits per heavy atom. The zero-order valence-corrected chi connectivity index (χ0v) is 31.7. The Balaban J connectivity index is 1.26. The molecule has 1 N–H and O–H groups in total. The number of aliphatic hydroxyl groups is 1. The normalized spacial score (nSPS) is 21.4. The van der Waals surface area contributed by atoms with Crippen LogP contribution in [-0.4, -0.2) is 68.9 Å². The van der Waals surface area contributed by atoms with Gasteiger partial charge in [0.2, 0.25) is 0 Å². The van der Waals surface area contributed by atoms with E-state index in [1.807, 2.05) is 0 Å². The molecule has 304 valence electrons. The van der Waals surface area contributed by atoms with Crippen LogP contribution in [0.1, 0.15) is 70.7 Å². The number of Topliss-reactive ketones (excluding diaryl/α,β-unsaturated/α-hetero) is 1. The van der Waals surface area contributed by atoms with Crippen molar-refractivity contribution in [3.8, 4) is 23.0 Å². The van der Waals surface area contributed by atoms with Crippen molar-refractivity contribution >= 4 is 26.5 Å². The van der Waals surface area contributed by atoms with E-state index in [0.29, 0.717) is 32.8 Å². The third-order valence-electron chi connectivity index (χ3n) is 10.8. The van der Waals surface area contributed by atoms with Crippen molar-refractivity contribution in [2.24, 2.45) is 13.0 Å². The number of hydrogen-bond acceptors (Lipinski definition) is 8. The Labute approximate surface area is 326 Å². The third-order valence-corrected chi connectivity index (χ3v) is 11.6. The molecule has 0 bridgehead atoms. The van der Waals surface area contributed by atoms with Gasteiger partial charge in [-0.3, -0.25) is 14.2 Å². The Morgan fingerprint density at radius 1 is 1.09 bits per heavy atom. The zero-order valence-electron chi connectivity index (χ0n) is 30.9. The highest BCUT2D eigenvalue weighted by molar-refractivity contribution is 7.89. The predicted octanol–water partition coefficient (Wildman–Crippen LogP) is 6.37. The minimum atomic E-state index is -5.05. The van der Waals surface area contributed by atoms with Gasteiger partial charge in [0.05, 0.1) is 35.9 Å². The molecular weight excluding hydrogens is 796 g/mol. The van der Waals surface area contributed by atoms with Gasteiger partial charge in [-0.2, -0.15) is 32.1 Å². The quantitative estimate of drug-likeness (QED) is 0.127. The molecule has 4 heterocycles. The molecule has 3 aliphatic rings. The number of benzene rings is 2. The van der Waals surface area contributed by atoms with E-state index in [2.05, 4.69) is 22.0 Å². The monoisotopic (exact) mass is 829 g/mol. The maximum Gasteiger partial charge on any atom is 0.435 e. The number of carbonyl (C=O) groups is 1. The number of fused-ring (bicyclic) bond motifs is 4. The highest BCUT2D eigenvalue weighted by Gasteiger charge is 2.68. The number of halogens is 7. The Kier molecular flexibility index (Phi) is 9.59. The summed E-state index contributed by atoms with van der Waals surface area (Å²) >= 11 is 0. The first-order valence-electron chi connectivity index (χ1n) is 18.2. The van der Waals surface area contributed by atoms with Gasteiger partial charge in [-0.15, -0.1) is 0 Å². The second kappa shape index (κ2) is 14.0. The molecule has 8 rings (SSSR count). The summed E-state index contributed by atoms with van der Waals surface area (Å²) in [5.41, 5.74) is -2.64. The van der Waals surface area contributed by atoms with Crippen molar-refractivity contribution in [2.75, 3.05) is 19.5 Å². The fraction of sp³-hybridized carbons (Fsp3) is 0.400. The maximum atomic E-state index is 15.4. The SMILES string of the molecule is Cn1nc(CS(C)(=O)=O)c2cccc(-c3ccc(C#CC4(O)CCOC4)nc3[C@@H](CC(=O)Cn3nc(C(F)(F)F)c4c3C(F)(F)[C@@H]3C[C@H]43)Cc3cc(F)cc(F)c3)c21. The molecule has 1 saturated carbocycles. The average Bonchev–Trinajstić information content (AvgIpc) is 3.36. The molecule has 0 radical (unpaired) electrons. The lowest BCUT2D eigenvalue weighted by atomic mass is 9.86. The van der Waals surface area contributed by atoms with Gasteiger partial charge in [-0.1, -0.05) is 24.1 Å². The van der Waals surface area contributed by atoms with Crippen molar-refractivity contribution in [1.29, 1.82) is 0 Å². The number of pyridine rings is 1. The Hall–Kier alpha value is -5.12. The standard InChI is InChI=1S/C40H34F7N5O5S/c1-51-35-28(4-3-5-29(35)32(49-51)19-58(2,55)56)27-7-6-25(8-9-38(54)10-11-57-20-38)48-34(27)22(12-21-13-23(41)16-24(42)14-21)15-26(53)18-52-37-33(36(50-52)40(45,46)47)30-17-31(30)39(37,43)44/h3-7,13-14,16,22,30-31,54H,10-12,15,17-20H2,1-2H3/t22-,30+,31-,38?/m1/s1. The second-order valence-electron chi connectivity index (χ2n) is 15.3. The lowest BCUT2D eigenvalue weighted by molar-refractivity contribution is -0.142. The van der Waals surface area contributed by atoms with Crippen molar-refractivity contribution in [3.05, 3.63) is 99.8 Å². The number of hydrogen-bond donors (Lipinski definition) is 1. The van der Waals surface area contributed by atoms with Gasteiger partial charge in [0.15, 0.2) is 26.9 Å². The average molecular weight is 830 g/mol. The second-order valence-corrected chi connectivity index (χ2v) is 17.5. The van der Waals surface area contributed by atoms with Crippen molar-refractivity contribution in [1.82, 2.24) is 24.5 Å². The molecule has 18 heteroatoms. The van der Waals surface area contributed by atoms with E-state index in [-0.39, 0.29) is 60.9 Å². The molecule has 10 nitrogen and oxygen atoms in total. The van der Waals surface area contributed by atoms with E-state index < -0.39 is 92.6 Å². The van der Waals surface area contributed by atoms with Gasteiger partial charge in [-0.05, 0) is 54.5 Å². The molecule has 0 amide bonds. The Morgan fingerprint density at radius 3 is 2.50 bits per heavy atom. The molecule has 58 heavy (non-hydrogen) atoms. The van der Waals surface area contributed by atoms with E-state index >= 15 is 8.78 Å². The van der Waals surface area contributed by atoms with Crippen LogP contribution in [-0.2, 0) is 57.2 Å². The van der Waals surface area contributed by atoms with Gasteiger partial charge < -0.3 is 9.84 Å². The summed E-state index contributed by atoms with van der Waals surface area (Å²) in [6.07, 6.45) is -4.73. The molecule has 1 unspecified atom stereocenters. The van der Waals surface area contributed by atoms with Crippen LogP contribution in [0, 0.1) is 29.4 Å². The molecule has 2 aliphatic carbocycles. The summed E-state index contributed by atoms with van der Waals surface area (Å²) in [4.78, 5) is 18.8. The minimum absolute atomic E-state index is 0.0563. The molecular formula is C40H34F7N5O5S. The predicted molar refractivity (Wildman–Crippen MR) is 194 cm³/mol. The summed E-state index contributed by atoms with van der Waals surface area (Å²) in [5, 5.41) is 19.3. The smallest absolute Gasteiger partial charge is 0.377 e. The molecule has 5 aromatic rings. The molecule has 1 saturated heterocycles. The Bertz CT molecular complexity index is 2650. The first-order valence-corrected chi connectivity index (χ1v) is 20.3. The van der Waals surface area contributed by atoms with Crippen molar-refractivity contribution in [3.63, 3.8) is 0 Å². The number of sulfone groups is 1. The number of aryl methyl sites for hydroxylation is 1. The minimum Gasteiger partial charge on any atom is -0.377 e. The van der Waals surface area contributed by atoms with Crippen LogP contribution in [0.5, 0.6) is 0 Å². The maximum absolute atomic E-state index is 15.4. The van der Waals surface area contributed by atoms with Crippen LogP contribution in [0.2, 0.25) is 0 Å². The zero-order chi connectivity index (χ0) is 41.5. The largest absolute Gasteiger partial charge is 0.435 e. The molecule has 3 aromatic heterocycles. The van der Waals surface area contributed by atoms with E-state index in [0.717, 1.165) is 18.4 Å². The number of ether oxygens (including phenoxy) is 1. The van der Waals surface area contributed by atoms with Gasteiger partial charge in [-0.25, -0.2) is 22.2 Å². The number of ketones is 1. The number of rotatable bonds is 10. The summed E-state index contributed by atoms with van der Waals surface area (Å²) in [7, 11) is -1.93. The lowest BCUT2D eigenvalue weighted by Gasteiger charge is -2.21. The van der Waals surface area contributed by atoms with Crippen LogP contribution in [0.3, 0.4) is 0 Å². The van der Waals surface area contributed by atoms with Crippen LogP contribution in [0.4, 0.5) is 30.7 Å². The summed E-state index contributed by atoms with van der Waals surface area (Å²) in [6, 6.07) is 10.9. The van der Waals surface area contributed by atoms with Crippen LogP contribution in [0.25, 0.3) is 22.0 Å². The highest BCUT2D eigenvalue weighted by Crippen LogP contribution is 2.68. The van der Waals surface area contributed by atoms with Crippen molar-refractivity contribution < 1.29 is 53.8 Å². The summed E-state index contributed by atoms with van der Waals surface area (Å²) in [6.45, 7) is -0.751. The van der Waals surface area contributed by atoms with E-state index in [1.54, 1.807) is 31.3 Å². The lowest BCUT2D eigenvalue weighted by Crippen LogP contribution is -2.26. The van der Waals surface area contributed by atoms with Gasteiger partial charge >= 0.3 is 6.18 Å². The topological polar surface area (TPSA) is 129 Å². The van der Waals surface area contributed by atoms with Crippen LogP contribution < -0.4 is 0 Å². The first-order chi connectivity index (χ1) is 27.2. The first kappa shape index (κ1) is 39.7. The van der Waals surface area contributed by atoms with Gasteiger partial charge in [0.25, 0.3) is 5.92 Å². The number of para-hydroxylation sites is 1. The number of aromatic nitrogens is 5. The summed E-state index contributed by atoms with van der Waals surface area (Å²) in [5.74, 6) is -4.57. The molecule has 0 spiro atoms. The number of carbonyl (C=O) groups excluding carboxylic acids is 1. The van der Waals surface area contributed by atoms with E-state index in [4.69, 9.17) is 9.72 Å². The number of alkyl halides is 5. The van der Waals surface area contributed by atoms with Gasteiger partial charge in [0.1, 0.15) is 29.6 Å². The number of nitrogens with zero attached hydrogens (tertiary/aromatic N) is 5. The van der Waals surface area contributed by atoms with Crippen LogP contribution >= 0.6 is 0 Å². The highest BCUT2D eigenvalue weighted by atomic mass is 32.2. The van der Waals surface area contributed by atoms with E-state index in [1.165, 1.54) is 10.7 Å². The van der Waals surface area contributed by atoms with Gasteiger partial charge in [0, 0.05) is 66.1 Å². The fourth-order valence-electron chi connectivity index (χ4n) is 8.28.